The molecular formula is C19H22ClNO4. The summed E-state index contributed by atoms with van der Waals surface area (Å²) in [5.74, 6) is -1.39. The topological polar surface area (TPSA) is 64.6 Å². The minimum atomic E-state index is -0.460. The van der Waals surface area contributed by atoms with Crippen molar-refractivity contribution in [1.29, 1.82) is 0 Å². The highest BCUT2D eigenvalue weighted by Crippen LogP contribution is 2.29. The fourth-order valence-corrected chi connectivity index (χ4v) is 3.32. The largest absolute Gasteiger partial charge is 0.463 e. The SMILES string of the molecule is O=C(OC[C@@H]1CCCO1)[C@H]1CC=CC[C@H]1C(=O)Nc1ccc(Cl)cc1. The number of hydrogen-bond acceptors (Lipinski definition) is 4. The first kappa shape index (κ1) is 18.0. The van der Waals surface area contributed by atoms with Crippen LogP contribution in [0.25, 0.3) is 0 Å². The molecule has 0 aromatic heterocycles. The molecule has 1 fully saturated rings. The number of esters is 1. The summed E-state index contributed by atoms with van der Waals surface area (Å²) in [6.45, 7) is 0.991. The molecule has 134 valence electrons. The van der Waals surface area contributed by atoms with Gasteiger partial charge in [-0.2, -0.15) is 0 Å². The van der Waals surface area contributed by atoms with Gasteiger partial charge in [0.05, 0.1) is 17.9 Å². The Bertz CT molecular complexity index is 637. The number of halogens is 1. The Hall–Kier alpha value is -1.85. The third-order valence-electron chi connectivity index (χ3n) is 4.62. The molecule has 1 saturated heterocycles. The van der Waals surface area contributed by atoms with Crippen LogP contribution in [0.1, 0.15) is 25.7 Å². The molecule has 1 amide bonds. The highest BCUT2D eigenvalue weighted by molar-refractivity contribution is 6.30. The summed E-state index contributed by atoms with van der Waals surface area (Å²) in [6.07, 6.45) is 6.82. The Morgan fingerprint density at radius 3 is 2.56 bits per heavy atom. The zero-order chi connectivity index (χ0) is 17.6. The van der Waals surface area contributed by atoms with E-state index in [2.05, 4.69) is 5.32 Å². The van der Waals surface area contributed by atoms with Crippen molar-refractivity contribution in [2.75, 3.05) is 18.5 Å². The van der Waals surface area contributed by atoms with Crippen LogP contribution in [0.15, 0.2) is 36.4 Å². The fraction of sp³-hybridized carbons (Fsp3) is 0.474. The van der Waals surface area contributed by atoms with Crippen molar-refractivity contribution in [3.63, 3.8) is 0 Å². The molecule has 1 aromatic carbocycles. The van der Waals surface area contributed by atoms with E-state index in [0.29, 0.717) is 23.6 Å². The minimum absolute atomic E-state index is 0.00979. The van der Waals surface area contributed by atoms with Crippen LogP contribution in [-0.4, -0.2) is 31.2 Å². The van der Waals surface area contributed by atoms with Gasteiger partial charge in [-0.3, -0.25) is 9.59 Å². The van der Waals surface area contributed by atoms with Crippen molar-refractivity contribution in [3.8, 4) is 0 Å². The van der Waals surface area contributed by atoms with Crippen LogP contribution >= 0.6 is 11.6 Å². The molecule has 5 nitrogen and oxygen atoms in total. The van der Waals surface area contributed by atoms with Gasteiger partial charge in [-0.15, -0.1) is 0 Å². The van der Waals surface area contributed by atoms with E-state index in [9.17, 15) is 9.59 Å². The first-order valence-electron chi connectivity index (χ1n) is 8.63. The van der Waals surface area contributed by atoms with E-state index in [1.165, 1.54) is 0 Å². The molecule has 0 saturated carbocycles. The maximum Gasteiger partial charge on any atom is 0.310 e. The second-order valence-corrected chi connectivity index (χ2v) is 6.85. The van der Waals surface area contributed by atoms with Crippen LogP contribution in [0.5, 0.6) is 0 Å². The third kappa shape index (κ3) is 4.83. The van der Waals surface area contributed by atoms with Gasteiger partial charge in [0.15, 0.2) is 0 Å². The number of carbonyl (C=O) groups is 2. The molecule has 0 bridgehead atoms. The van der Waals surface area contributed by atoms with Crippen molar-refractivity contribution < 1.29 is 19.1 Å². The lowest BCUT2D eigenvalue weighted by Gasteiger charge is -2.26. The maximum atomic E-state index is 12.6. The molecule has 0 spiro atoms. The van der Waals surface area contributed by atoms with Gasteiger partial charge in [-0.1, -0.05) is 23.8 Å². The van der Waals surface area contributed by atoms with E-state index in [1.807, 2.05) is 12.2 Å². The van der Waals surface area contributed by atoms with Gasteiger partial charge in [0.2, 0.25) is 5.91 Å². The van der Waals surface area contributed by atoms with E-state index in [-0.39, 0.29) is 24.6 Å². The maximum absolute atomic E-state index is 12.6. The molecule has 3 rings (SSSR count). The number of nitrogens with one attached hydrogen (secondary N) is 1. The zero-order valence-corrected chi connectivity index (χ0v) is 14.7. The van der Waals surface area contributed by atoms with Gasteiger partial charge in [0.25, 0.3) is 0 Å². The van der Waals surface area contributed by atoms with E-state index in [4.69, 9.17) is 21.1 Å². The highest BCUT2D eigenvalue weighted by Gasteiger charge is 2.35. The first-order valence-corrected chi connectivity index (χ1v) is 9.01. The summed E-state index contributed by atoms with van der Waals surface area (Å²) in [4.78, 5) is 25.1. The molecule has 0 radical (unpaired) electrons. The number of carbonyl (C=O) groups excluding carboxylic acids is 2. The van der Waals surface area contributed by atoms with Crippen LogP contribution in [0.2, 0.25) is 5.02 Å². The van der Waals surface area contributed by atoms with Crippen molar-refractivity contribution in [3.05, 3.63) is 41.4 Å². The molecule has 1 heterocycles. The number of allylic oxidation sites excluding steroid dienone is 2. The quantitative estimate of drug-likeness (QED) is 0.641. The number of ether oxygens (including phenoxy) is 2. The number of benzene rings is 1. The average Bonchev–Trinajstić information content (AvgIpc) is 3.15. The lowest BCUT2D eigenvalue weighted by molar-refractivity contribution is -0.155. The van der Waals surface area contributed by atoms with Crippen LogP contribution in [-0.2, 0) is 19.1 Å². The second kappa shape index (κ2) is 8.50. The lowest BCUT2D eigenvalue weighted by atomic mass is 9.82. The van der Waals surface area contributed by atoms with Crippen LogP contribution in [0.3, 0.4) is 0 Å². The zero-order valence-electron chi connectivity index (χ0n) is 13.9. The number of anilines is 1. The summed E-state index contributed by atoms with van der Waals surface area (Å²) in [6, 6.07) is 6.91. The number of rotatable bonds is 5. The predicted octanol–water partition coefficient (Wildman–Crippen LogP) is 3.58. The van der Waals surface area contributed by atoms with Gasteiger partial charge >= 0.3 is 5.97 Å². The summed E-state index contributed by atoms with van der Waals surface area (Å²) >= 11 is 5.86. The monoisotopic (exact) mass is 363 g/mol. The molecule has 1 aliphatic heterocycles. The van der Waals surface area contributed by atoms with Crippen LogP contribution in [0.4, 0.5) is 5.69 Å². The molecule has 0 unspecified atom stereocenters. The molecule has 25 heavy (non-hydrogen) atoms. The Morgan fingerprint density at radius 2 is 1.88 bits per heavy atom. The molecule has 6 heteroatoms. The highest BCUT2D eigenvalue weighted by atomic mass is 35.5. The van der Waals surface area contributed by atoms with Crippen molar-refractivity contribution in [2.24, 2.45) is 11.8 Å². The van der Waals surface area contributed by atoms with E-state index in [1.54, 1.807) is 24.3 Å². The van der Waals surface area contributed by atoms with Gasteiger partial charge in [-0.05, 0) is 49.9 Å². The number of hydrogen-bond donors (Lipinski definition) is 1. The number of amides is 1. The fourth-order valence-electron chi connectivity index (χ4n) is 3.19. The van der Waals surface area contributed by atoms with Crippen LogP contribution < -0.4 is 5.32 Å². The summed E-state index contributed by atoms with van der Waals surface area (Å²) < 4.78 is 10.9. The molecular weight excluding hydrogens is 342 g/mol. The van der Waals surface area contributed by atoms with E-state index >= 15 is 0 Å². The molecule has 1 N–H and O–H groups in total. The Labute approximate surface area is 152 Å². The van der Waals surface area contributed by atoms with Gasteiger partial charge in [0.1, 0.15) is 6.61 Å². The summed E-state index contributed by atoms with van der Waals surface area (Å²) in [7, 11) is 0. The van der Waals surface area contributed by atoms with Gasteiger partial charge in [-0.25, -0.2) is 0 Å². The van der Waals surface area contributed by atoms with Crippen molar-refractivity contribution >= 4 is 29.2 Å². The molecule has 1 aromatic rings. The molecule has 2 aliphatic rings. The van der Waals surface area contributed by atoms with Crippen molar-refractivity contribution in [1.82, 2.24) is 0 Å². The standard InChI is InChI=1S/C19H22ClNO4/c20-13-7-9-14(10-8-13)21-18(22)16-5-1-2-6-17(16)19(23)25-12-15-4-3-11-24-15/h1-2,7-10,15-17H,3-6,11-12H2,(H,21,22)/t15-,16+,17-/m0/s1. The summed E-state index contributed by atoms with van der Waals surface area (Å²) in [5.41, 5.74) is 0.662. The van der Waals surface area contributed by atoms with Gasteiger partial charge in [0, 0.05) is 17.3 Å². The molecule has 3 atom stereocenters. The first-order chi connectivity index (χ1) is 12.1. The molecule has 1 aliphatic carbocycles. The average molecular weight is 364 g/mol. The minimum Gasteiger partial charge on any atom is -0.463 e. The second-order valence-electron chi connectivity index (χ2n) is 6.42. The van der Waals surface area contributed by atoms with Crippen molar-refractivity contribution in [2.45, 2.75) is 31.8 Å². The Balaban J connectivity index is 1.59. The van der Waals surface area contributed by atoms with Crippen LogP contribution in [0, 0.1) is 11.8 Å². The predicted molar refractivity (Wildman–Crippen MR) is 95.4 cm³/mol. The third-order valence-corrected chi connectivity index (χ3v) is 4.87. The van der Waals surface area contributed by atoms with Gasteiger partial charge < -0.3 is 14.8 Å². The normalized spacial score (nSPS) is 25.6. The Kier molecular flexibility index (Phi) is 6.10. The van der Waals surface area contributed by atoms with E-state index < -0.39 is 11.8 Å². The Morgan fingerprint density at radius 1 is 1.16 bits per heavy atom. The lowest BCUT2D eigenvalue weighted by Crippen LogP contribution is -2.36. The summed E-state index contributed by atoms with van der Waals surface area (Å²) in [5, 5.41) is 3.46. The smallest absolute Gasteiger partial charge is 0.310 e. The van der Waals surface area contributed by atoms with E-state index in [0.717, 1.165) is 19.4 Å².